The lowest BCUT2D eigenvalue weighted by Crippen LogP contribution is -2.51. The molecular formula is C30H28N4O5. The summed E-state index contributed by atoms with van der Waals surface area (Å²) < 4.78 is 5.66. The predicted molar refractivity (Wildman–Crippen MR) is 144 cm³/mol. The molecule has 0 bridgehead atoms. The maximum absolute atomic E-state index is 13.6. The minimum absolute atomic E-state index is 0.0812. The van der Waals surface area contributed by atoms with Gasteiger partial charge in [-0.3, -0.25) is 9.59 Å². The summed E-state index contributed by atoms with van der Waals surface area (Å²) in [5.41, 5.74) is 5.76. The van der Waals surface area contributed by atoms with Crippen molar-refractivity contribution >= 4 is 18.0 Å². The Hall–Kier alpha value is -4.92. The maximum atomic E-state index is 13.6. The second-order valence-electron chi connectivity index (χ2n) is 9.38. The highest BCUT2D eigenvalue weighted by molar-refractivity contribution is 5.88. The molecule has 1 aromatic heterocycles. The van der Waals surface area contributed by atoms with Gasteiger partial charge < -0.3 is 25.0 Å². The minimum atomic E-state index is -1.15. The van der Waals surface area contributed by atoms with Crippen LogP contribution < -0.4 is 5.32 Å². The number of alkyl carbamates (subject to hydrolysis) is 1. The Morgan fingerprint density at radius 3 is 2.21 bits per heavy atom. The van der Waals surface area contributed by atoms with E-state index in [0.29, 0.717) is 5.69 Å². The van der Waals surface area contributed by atoms with Crippen LogP contribution in [-0.2, 0) is 27.3 Å². The fraction of sp³-hybridized carbons (Fsp3) is 0.200. The number of benzene rings is 3. The summed E-state index contributed by atoms with van der Waals surface area (Å²) in [4.78, 5) is 46.3. The van der Waals surface area contributed by atoms with E-state index in [1.165, 1.54) is 11.2 Å². The number of carbonyl (C=O) groups excluding carboxylic acids is 2. The molecular weight excluding hydrogens is 496 g/mol. The van der Waals surface area contributed by atoms with Gasteiger partial charge in [-0.25, -0.2) is 9.78 Å². The van der Waals surface area contributed by atoms with Crippen molar-refractivity contribution in [1.29, 1.82) is 0 Å². The number of ether oxygens (including phenoxy) is 1. The van der Waals surface area contributed by atoms with Crippen molar-refractivity contribution < 1.29 is 24.2 Å². The summed E-state index contributed by atoms with van der Waals surface area (Å²) in [6.45, 7) is -0.342. The number of aromatic amines is 1. The Morgan fingerprint density at radius 1 is 0.949 bits per heavy atom. The zero-order valence-electron chi connectivity index (χ0n) is 21.1. The van der Waals surface area contributed by atoms with Crippen LogP contribution in [0.1, 0.15) is 28.3 Å². The van der Waals surface area contributed by atoms with Crippen LogP contribution >= 0.6 is 0 Å². The number of carboxylic acids is 1. The SMILES string of the molecule is O=C(O)CN(Cc1ccccc1)C(=O)[C@H](Cc1cnc[nH]1)NC(=O)OCC1c2ccccc2-c2ccccc21. The Labute approximate surface area is 225 Å². The van der Waals surface area contributed by atoms with Gasteiger partial charge in [-0.1, -0.05) is 78.9 Å². The Bertz CT molecular complexity index is 1410. The third-order valence-corrected chi connectivity index (χ3v) is 6.77. The van der Waals surface area contributed by atoms with Crippen molar-refractivity contribution in [3.8, 4) is 11.1 Å². The quantitative estimate of drug-likeness (QED) is 0.288. The van der Waals surface area contributed by atoms with E-state index in [0.717, 1.165) is 27.8 Å². The first kappa shape index (κ1) is 25.7. The fourth-order valence-electron chi connectivity index (χ4n) is 5.00. The van der Waals surface area contributed by atoms with E-state index in [9.17, 15) is 19.5 Å². The van der Waals surface area contributed by atoms with Crippen LogP contribution in [0.25, 0.3) is 11.1 Å². The van der Waals surface area contributed by atoms with Crippen molar-refractivity contribution in [2.24, 2.45) is 0 Å². The first-order chi connectivity index (χ1) is 19.0. The van der Waals surface area contributed by atoms with E-state index in [1.807, 2.05) is 66.7 Å². The summed E-state index contributed by atoms with van der Waals surface area (Å²) in [5, 5.41) is 12.1. The Morgan fingerprint density at radius 2 is 1.59 bits per heavy atom. The number of carbonyl (C=O) groups is 3. The van der Waals surface area contributed by atoms with Gasteiger partial charge in [0.25, 0.3) is 0 Å². The van der Waals surface area contributed by atoms with Crippen LogP contribution in [0, 0.1) is 0 Å². The molecule has 1 aliphatic rings. The number of fused-ring (bicyclic) bond motifs is 3. The van der Waals surface area contributed by atoms with Gasteiger partial charge in [-0.2, -0.15) is 0 Å². The van der Waals surface area contributed by atoms with Crippen LogP contribution in [0.5, 0.6) is 0 Å². The Kier molecular flexibility index (Phi) is 7.68. The van der Waals surface area contributed by atoms with Gasteiger partial charge in [-0.15, -0.1) is 0 Å². The molecule has 39 heavy (non-hydrogen) atoms. The number of rotatable bonds is 10. The molecule has 0 aliphatic heterocycles. The lowest BCUT2D eigenvalue weighted by Gasteiger charge is -2.26. The summed E-state index contributed by atoms with van der Waals surface area (Å²) in [7, 11) is 0. The average Bonchev–Trinajstić information content (AvgIpc) is 3.57. The van der Waals surface area contributed by atoms with Crippen LogP contribution in [-0.4, -0.2) is 57.1 Å². The first-order valence-electron chi connectivity index (χ1n) is 12.6. The van der Waals surface area contributed by atoms with Crippen molar-refractivity contribution in [3.63, 3.8) is 0 Å². The molecule has 198 valence electrons. The zero-order chi connectivity index (χ0) is 27.2. The van der Waals surface area contributed by atoms with Crippen molar-refractivity contribution in [2.75, 3.05) is 13.2 Å². The third kappa shape index (κ3) is 5.98. The molecule has 3 N–H and O–H groups in total. The molecule has 9 nitrogen and oxygen atoms in total. The molecule has 4 aromatic rings. The van der Waals surface area contributed by atoms with Crippen LogP contribution in [0.4, 0.5) is 4.79 Å². The van der Waals surface area contributed by atoms with Crippen LogP contribution in [0.15, 0.2) is 91.4 Å². The number of H-pyrrole nitrogens is 1. The van der Waals surface area contributed by atoms with Crippen molar-refractivity contribution in [3.05, 3.63) is 114 Å². The number of hydrogen-bond donors (Lipinski definition) is 3. The van der Waals surface area contributed by atoms with Crippen LogP contribution in [0.2, 0.25) is 0 Å². The standard InChI is InChI=1S/C30H28N4O5/c35-28(36)17-34(16-20-8-2-1-3-9-20)29(37)27(14-21-15-31-19-32-21)33-30(38)39-18-26-24-12-6-4-10-22(24)23-11-5-7-13-25(23)26/h1-13,15,19,26-27H,14,16-18H2,(H,31,32)(H,33,38)(H,35,36)/t27-/m0/s1. The van der Waals surface area contributed by atoms with Crippen LogP contribution in [0.3, 0.4) is 0 Å². The predicted octanol–water partition coefficient (Wildman–Crippen LogP) is 3.97. The zero-order valence-corrected chi connectivity index (χ0v) is 21.1. The van der Waals surface area contributed by atoms with E-state index in [2.05, 4.69) is 27.4 Å². The molecule has 0 spiro atoms. The second kappa shape index (κ2) is 11.6. The number of carboxylic acid groups (broad SMARTS) is 1. The second-order valence-corrected chi connectivity index (χ2v) is 9.38. The number of imidazole rings is 1. The Balaban J connectivity index is 1.32. The van der Waals surface area contributed by atoms with E-state index in [1.54, 1.807) is 6.20 Å². The van der Waals surface area contributed by atoms with E-state index < -0.39 is 30.6 Å². The number of amides is 2. The minimum Gasteiger partial charge on any atom is -0.480 e. The van der Waals surface area contributed by atoms with Gasteiger partial charge in [0, 0.05) is 30.8 Å². The van der Waals surface area contributed by atoms with Gasteiger partial charge >= 0.3 is 12.1 Å². The summed E-state index contributed by atoms with van der Waals surface area (Å²) in [6, 6.07) is 24.1. The average molecular weight is 525 g/mol. The topological polar surface area (TPSA) is 125 Å². The molecule has 0 radical (unpaired) electrons. The summed E-state index contributed by atoms with van der Waals surface area (Å²) in [6.07, 6.45) is 2.36. The molecule has 0 unspecified atom stereocenters. The van der Waals surface area contributed by atoms with Gasteiger partial charge in [0.05, 0.1) is 6.33 Å². The highest BCUT2D eigenvalue weighted by Crippen LogP contribution is 2.44. The normalized spacial score (nSPS) is 12.7. The van der Waals surface area contributed by atoms with E-state index in [-0.39, 0.29) is 25.5 Å². The highest BCUT2D eigenvalue weighted by Gasteiger charge is 2.31. The van der Waals surface area contributed by atoms with Gasteiger partial charge in [0.1, 0.15) is 19.2 Å². The van der Waals surface area contributed by atoms with Gasteiger partial charge in [0.15, 0.2) is 0 Å². The maximum Gasteiger partial charge on any atom is 0.407 e. The lowest BCUT2D eigenvalue weighted by atomic mass is 9.98. The summed E-state index contributed by atoms with van der Waals surface area (Å²) in [5.74, 6) is -1.82. The largest absolute Gasteiger partial charge is 0.480 e. The number of nitrogens with zero attached hydrogens (tertiary/aromatic N) is 2. The monoisotopic (exact) mass is 524 g/mol. The third-order valence-electron chi connectivity index (χ3n) is 6.77. The van der Waals surface area contributed by atoms with Crippen molar-refractivity contribution in [1.82, 2.24) is 20.2 Å². The highest BCUT2D eigenvalue weighted by atomic mass is 16.5. The molecule has 1 heterocycles. The van der Waals surface area contributed by atoms with E-state index >= 15 is 0 Å². The molecule has 9 heteroatoms. The van der Waals surface area contributed by atoms with E-state index in [4.69, 9.17) is 4.74 Å². The number of aliphatic carboxylic acids is 1. The number of nitrogens with one attached hydrogen (secondary N) is 2. The molecule has 1 atom stereocenters. The van der Waals surface area contributed by atoms with Gasteiger partial charge in [-0.05, 0) is 27.8 Å². The molecule has 1 aliphatic carbocycles. The molecule has 0 saturated carbocycles. The lowest BCUT2D eigenvalue weighted by molar-refractivity contribution is -0.145. The molecule has 0 saturated heterocycles. The first-order valence-corrected chi connectivity index (χ1v) is 12.6. The molecule has 2 amide bonds. The smallest absolute Gasteiger partial charge is 0.407 e. The summed E-state index contributed by atoms with van der Waals surface area (Å²) >= 11 is 0. The van der Waals surface area contributed by atoms with Gasteiger partial charge in [0.2, 0.25) is 5.91 Å². The number of hydrogen-bond acceptors (Lipinski definition) is 5. The number of aromatic nitrogens is 2. The fourth-order valence-corrected chi connectivity index (χ4v) is 5.00. The molecule has 0 fully saturated rings. The molecule has 5 rings (SSSR count). The molecule has 3 aromatic carbocycles. The van der Waals surface area contributed by atoms with Crippen molar-refractivity contribution in [2.45, 2.75) is 24.9 Å².